The predicted molar refractivity (Wildman–Crippen MR) is 121 cm³/mol. The van der Waals surface area contributed by atoms with Crippen LogP contribution in [-0.4, -0.2) is 44.3 Å². The molecule has 0 aliphatic carbocycles. The standard InChI is InChI=1S/C24H26N4OS/c1-2-20-15-9-10-16-28(20)21(29)17-30-24-25-22(18-11-5-3-6-12-18)23(26-27-24)19-13-7-4-8-14-19/h3-8,11-14,20H,2,9-10,15-17H2,1H3. The van der Waals surface area contributed by atoms with Crippen molar-refractivity contribution >= 4 is 17.7 Å². The number of hydrogen-bond donors (Lipinski definition) is 0. The maximum absolute atomic E-state index is 12.8. The lowest BCUT2D eigenvalue weighted by Gasteiger charge is -2.35. The summed E-state index contributed by atoms with van der Waals surface area (Å²) in [5, 5.41) is 9.35. The van der Waals surface area contributed by atoms with Gasteiger partial charge < -0.3 is 4.90 Å². The number of carbonyl (C=O) groups is 1. The molecule has 2 heterocycles. The molecule has 5 nitrogen and oxygen atoms in total. The van der Waals surface area contributed by atoms with Crippen molar-refractivity contribution in [1.29, 1.82) is 0 Å². The monoisotopic (exact) mass is 418 g/mol. The van der Waals surface area contributed by atoms with Crippen molar-refractivity contribution in [3.8, 4) is 22.5 Å². The molecule has 3 aromatic rings. The number of hydrogen-bond acceptors (Lipinski definition) is 5. The summed E-state index contributed by atoms with van der Waals surface area (Å²) in [5.74, 6) is 0.514. The summed E-state index contributed by atoms with van der Waals surface area (Å²) in [4.78, 5) is 19.6. The molecule has 1 aliphatic rings. The Morgan fingerprint density at radius 3 is 2.30 bits per heavy atom. The smallest absolute Gasteiger partial charge is 0.233 e. The minimum Gasteiger partial charge on any atom is -0.339 e. The van der Waals surface area contributed by atoms with Gasteiger partial charge in [0.1, 0.15) is 11.4 Å². The molecule has 0 bridgehead atoms. The van der Waals surface area contributed by atoms with Gasteiger partial charge in [0.05, 0.1) is 5.75 Å². The van der Waals surface area contributed by atoms with Gasteiger partial charge >= 0.3 is 0 Å². The minimum absolute atomic E-state index is 0.170. The van der Waals surface area contributed by atoms with Crippen molar-refractivity contribution in [2.75, 3.05) is 12.3 Å². The van der Waals surface area contributed by atoms with Crippen molar-refractivity contribution in [1.82, 2.24) is 20.1 Å². The fourth-order valence-corrected chi connectivity index (χ4v) is 4.60. The summed E-state index contributed by atoms with van der Waals surface area (Å²) in [5.41, 5.74) is 3.50. The summed E-state index contributed by atoms with van der Waals surface area (Å²) >= 11 is 1.37. The van der Waals surface area contributed by atoms with E-state index in [4.69, 9.17) is 4.98 Å². The maximum atomic E-state index is 12.8. The third kappa shape index (κ3) is 4.70. The highest BCUT2D eigenvalue weighted by Crippen LogP contribution is 2.30. The molecule has 0 N–H and O–H groups in total. The van der Waals surface area contributed by atoms with Crippen LogP contribution in [0.2, 0.25) is 0 Å². The van der Waals surface area contributed by atoms with Gasteiger partial charge in [-0.05, 0) is 25.7 Å². The summed E-state index contributed by atoms with van der Waals surface area (Å²) in [7, 11) is 0. The van der Waals surface area contributed by atoms with Crippen molar-refractivity contribution in [3.63, 3.8) is 0 Å². The first-order chi connectivity index (χ1) is 14.8. The molecular formula is C24H26N4OS. The van der Waals surface area contributed by atoms with Crippen LogP contribution < -0.4 is 0 Å². The van der Waals surface area contributed by atoms with Crippen LogP contribution in [0.4, 0.5) is 0 Å². The van der Waals surface area contributed by atoms with E-state index < -0.39 is 0 Å². The molecule has 6 heteroatoms. The molecule has 1 unspecified atom stereocenters. The molecule has 4 rings (SSSR count). The van der Waals surface area contributed by atoms with Crippen LogP contribution in [-0.2, 0) is 4.79 Å². The molecule has 1 aliphatic heterocycles. The number of amides is 1. The second-order valence-corrected chi connectivity index (χ2v) is 8.40. The molecule has 1 aromatic heterocycles. The van der Waals surface area contributed by atoms with Crippen molar-refractivity contribution < 1.29 is 4.79 Å². The highest BCUT2D eigenvalue weighted by molar-refractivity contribution is 7.99. The lowest BCUT2D eigenvalue weighted by Crippen LogP contribution is -2.44. The highest BCUT2D eigenvalue weighted by Gasteiger charge is 2.25. The Hall–Kier alpha value is -2.73. The first-order valence-electron chi connectivity index (χ1n) is 10.5. The summed E-state index contributed by atoms with van der Waals surface area (Å²) in [6.07, 6.45) is 4.42. The average molecular weight is 419 g/mol. The quantitative estimate of drug-likeness (QED) is 0.522. The highest BCUT2D eigenvalue weighted by atomic mass is 32.2. The number of likely N-dealkylation sites (tertiary alicyclic amines) is 1. The Bertz CT molecular complexity index is 981. The van der Waals surface area contributed by atoms with Gasteiger partial charge in [0.15, 0.2) is 0 Å². The maximum Gasteiger partial charge on any atom is 0.233 e. The third-order valence-corrected chi connectivity index (χ3v) is 6.33. The van der Waals surface area contributed by atoms with E-state index in [1.54, 1.807) is 0 Å². The first kappa shape index (κ1) is 20.5. The van der Waals surface area contributed by atoms with Crippen LogP contribution in [0.15, 0.2) is 65.8 Å². The van der Waals surface area contributed by atoms with Gasteiger partial charge in [-0.2, -0.15) is 0 Å². The van der Waals surface area contributed by atoms with Crippen molar-refractivity contribution in [2.24, 2.45) is 0 Å². The molecule has 1 fully saturated rings. The lowest BCUT2D eigenvalue weighted by atomic mass is 10.0. The summed E-state index contributed by atoms with van der Waals surface area (Å²) in [6, 6.07) is 20.3. The average Bonchev–Trinajstić information content (AvgIpc) is 2.83. The number of rotatable bonds is 6. The molecular weight excluding hydrogens is 392 g/mol. The van der Waals surface area contributed by atoms with Crippen LogP contribution >= 0.6 is 11.8 Å². The van der Waals surface area contributed by atoms with E-state index >= 15 is 0 Å². The van der Waals surface area contributed by atoms with Gasteiger partial charge in [-0.1, -0.05) is 79.3 Å². The largest absolute Gasteiger partial charge is 0.339 e. The Labute approximate surface area is 181 Å². The van der Waals surface area contributed by atoms with Crippen molar-refractivity contribution in [3.05, 3.63) is 60.7 Å². The van der Waals surface area contributed by atoms with E-state index in [9.17, 15) is 4.79 Å². The molecule has 1 atom stereocenters. The zero-order valence-corrected chi connectivity index (χ0v) is 18.0. The molecule has 1 saturated heterocycles. The summed E-state index contributed by atoms with van der Waals surface area (Å²) < 4.78 is 0. The molecule has 0 radical (unpaired) electrons. The van der Waals surface area contributed by atoms with E-state index in [-0.39, 0.29) is 5.91 Å². The van der Waals surface area contributed by atoms with Gasteiger partial charge in [-0.25, -0.2) is 4.98 Å². The molecule has 1 amide bonds. The van der Waals surface area contributed by atoms with Crippen LogP contribution in [0.5, 0.6) is 0 Å². The number of aromatic nitrogens is 3. The molecule has 154 valence electrons. The fraction of sp³-hybridized carbons (Fsp3) is 0.333. The van der Waals surface area contributed by atoms with Crippen LogP contribution in [0, 0.1) is 0 Å². The van der Waals surface area contributed by atoms with Crippen molar-refractivity contribution in [2.45, 2.75) is 43.8 Å². The zero-order valence-electron chi connectivity index (χ0n) is 17.2. The first-order valence-corrected chi connectivity index (χ1v) is 11.5. The van der Waals surface area contributed by atoms with Crippen LogP contribution in [0.1, 0.15) is 32.6 Å². The Balaban J connectivity index is 1.57. The Morgan fingerprint density at radius 2 is 1.63 bits per heavy atom. The van der Waals surface area contributed by atoms with Gasteiger partial charge in [-0.3, -0.25) is 4.79 Å². The normalized spacial score (nSPS) is 16.4. The third-order valence-electron chi connectivity index (χ3n) is 5.51. The van der Waals surface area contributed by atoms with Gasteiger partial charge in [0.25, 0.3) is 0 Å². The number of nitrogens with zero attached hydrogens (tertiary/aromatic N) is 4. The van der Waals surface area contributed by atoms with Gasteiger partial charge in [0.2, 0.25) is 11.1 Å². The number of benzene rings is 2. The van der Waals surface area contributed by atoms with E-state index in [0.29, 0.717) is 17.0 Å². The van der Waals surface area contributed by atoms with E-state index in [2.05, 4.69) is 17.1 Å². The lowest BCUT2D eigenvalue weighted by molar-refractivity contribution is -0.132. The van der Waals surface area contributed by atoms with Gasteiger partial charge in [0, 0.05) is 23.7 Å². The van der Waals surface area contributed by atoms with Crippen LogP contribution in [0.3, 0.4) is 0 Å². The summed E-state index contributed by atoms with van der Waals surface area (Å²) in [6.45, 7) is 3.02. The van der Waals surface area contributed by atoms with Gasteiger partial charge in [-0.15, -0.1) is 10.2 Å². The molecule has 2 aromatic carbocycles. The predicted octanol–water partition coefficient (Wildman–Crippen LogP) is 5.09. The molecule has 0 spiro atoms. The Kier molecular flexibility index (Phi) is 6.74. The SMILES string of the molecule is CCC1CCCCN1C(=O)CSc1nnc(-c2ccccc2)c(-c2ccccc2)n1. The Morgan fingerprint density at radius 1 is 0.967 bits per heavy atom. The van der Waals surface area contributed by atoms with E-state index in [1.807, 2.05) is 65.6 Å². The number of thioether (sulfide) groups is 1. The van der Waals surface area contributed by atoms with E-state index in [1.165, 1.54) is 18.2 Å². The minimum atomic E-state index is 0.170. The topological polar surface area (TPSA) is 59.0 Å². The second-order valence-electron chi connectivity index (χ2n) is 7.46. The van der Waals surface area contributed by atoms with E-state index in [0.717, 1.165) is 48.3 Å². The zero-order chi connectivity index (χ0) is 20.8. The molecule has 30 heavy (non-hydrogen) atoms. The fourth-order valence-electron chi connectivity index (χ4n) is 3.92. The molecule has 0 saturated carbocycles. The second kappa shape index (κ2) is 9.85. The number of carbonyl (C=O) groups excluding carboxylic acids is 1. The van der Waals surface area contributed by atoms with Crippen LogP contribution in [0.25, 0.3) is 22.5 Å². The number of piperidine rings is 1.